The normalized spacial score (nSPS) is 15.1. The lowest BCUT2D eigenvalue weighted by Crippen LogP contribution is -2.36. The molecule has 3 heterocycles. The summed E-state index contributed by atoms with van der Waals surface area (Å²) in [6.45, 7) is 7.22. The maximum absolute atomic E-state index is 14.9. The van der Waals surface area contributed by atoms with E-state index in [1.807, 2.05) is 6.92 Å². The maximum atomic E-state index is 14.9. The molecule has 1 amide bonds. The van der Waals surface area contributed by atoms with Crippen LogP contribution in [0.3, 0.4) is 0 Å². The molecule has 1 saturated heterocycles. The number of benzene rings is 2. The van der Waals surface area contributed by atoms with E-state index in [1.54, 1.807) is 45.2 Å². The Morgan fingerprint density at radius 1 is 1.17 bits per heavy atom. The molecule has 0 spiro atoms. The fourth-order valence-corrected chi connectivity index (χ4v) is 4.78. The molecule has 1 aliphatic rings. The van der Waals surface area contributed by atoms with Gasteiger partial charge in [-0.1, -0.05) is 6.07 Å². The van der Waals surface area contributed by atoms with Gasteiger partial charge in [-0.15, -0.1) is 0 Å². The van der Waals surface area contributed by atoms with Crippen LogP contribution in [0.5, 0.6) is 5.75 Å². The van der Waals surface area contributed by atoms with E-state index in [2.05, 4.69) is 16.4 Å². The second-order valence-corrected chi connectivity index (χ2v) is 10.9. The number of nitrogens with zero attached hydrogens (tertiary/aromatic N) is 5. The number of fused-ring (bicyclic) bond motifs is 1. The minimum atomic E-state index is -1.02. The van der Waals surface area contributed by atoms with Gasteiger partial charge in [0.1, 0.15) is 11.4 Å². The molecule has 216 valence electrons. The molecule has 0 bridgehead atoms. The van der Waals surface area contributed by atoms with Gasteiger partial charge in [-0.3, -0.25) is 24.6 Å². The number of methoxy groups -OCH3 is 1. The van der Waals surface area contributed by atoms with Crippen LogP contribution in [-0.4, -0.2) is 51.5 Å². The van der Waals surface area contributed by atoms with Gasteiger partial charge in [0.05, 0.1) is 48.0 Å². The number of rotatable bonds is 4. The zero-order valence-electron chi connectivity index (χ0n) is 23.7. The lowest BCUT2D eigenvalue weighted by atomic mass is 10.0. The minimum absolute atomic E-state index is 0.0612. The Morgan fingerprint density at radius 2 is 1.88 bits per heavy atom. The van der Waals surface area contributed by atoms with E-state index in [9.17, 15) is 23.6 Å². The van der Waals surface area contributed by atoms with Crippen LogP contribution in [0.1, 0.15) is 43.9 Å². The zero-order valence-corrected chi connectivity index (χ0v) is 23.7. The van der Waals surface area contributed by atoms with E-state index >= 15 is 0 Å². The van der Waals surface area contributed by atoms with Crippen LogP contribution in [0.25, 0.3) is 27.7 Å². The number of halogens is 2. The molecular formula is C30H28F2N6O4. The molecule has 2 aromatic carbocycles. The third-order valence-corrected chi connectivity index (χ3v) is 6.69. The van der Waals surface area contributed by atoms with E-state index in [0.29, 0.717) is 11.1 Å². The molecule has 1 fully saturated rings. The number of pyridine rings is 1. The molecule has 1 unspecified atom stereocenters. The zero-order chi connectivity index (χ0) is 30.3. The maximum Gasteiger partial charge on any atom is 0.411 e. The van der Waals surface area contributed by atoms with Gasteiger partial charge in [0.25, 0.3) is 5.56 Å². The summed E-state index contributed by atoms with van der Waals surface area (Å²) in [6.07, 6.45) is 1.04. The highest BCUT2D eigenvalue weighted by Gasteiger charge is 2.34. The molecule has 1 aliphatic heterocycles. The minimum Gasteiger partial charge on any atom is -0.491 e. The van der Waals surface area contributed by atoms with Crippen molar-refractivity contribution in [2.24, 2.45) is 0 Å². The first-order chi connectivity index (χ1) is 19.9. The quantitative estimate of drug-likeness (QED) is 0.371. The van der Waals surface area contributed by atoms with Gasteiger partial charge < -0.3 is 9.47 Å². The van der Waals surface area contributed by atoms with Gasteiger partial charge in [0.2, 0.25) is 0 Å². The van der Waals surface area contributed by atoms with Crippen LogP contribution >= 0.6 is 0 Å². The van der Waals surface area contributed by atoms with Crippen molar-refractivity contribution in [3.63, 3.8) is 0 Å². The smallest absolute Gasteiger partial charge is 0.411 e. The van der Waals surface area contributed by atoms with Crippen LogP contribution in [0.2, 0.25) is 0 Å². The van der Waals surface area contributed by atoms with Crippen LogP contribution < -0.4 is 15.6 Å². The Labute approximate surface area is 240 Å². The highest BCUT2D eigenvalue weighted by atomic mass is 19.1. The molecular weight excluding hydrogens is 546 g/mol. The number of hydrogen-bond acceptors (Lipinski definition) is 8. The number of carbonyl (C=O) groups is 1. The SMILES string of the molecule is COc1c(F)cc(-n2c(C3CN(C(=O)OC(C)(C)C)CN3)nc3c(-c4ccc(C)nc4)cc(C#N)cc3c2=O)cc1F. The Morgan fingerprint density at radius 3 is 2.48 bits per heavy atom. The van der Waals surface area contributed by atoms with Crippen molar-refractivity contribution in [1.82, 2.24) is 24.8 Å². The molecule has 5 rings (SSSR count). The predicted octanol–water partition coefficient (Wildman–Crippen LogP) is 4.75. The van der Waals surface area contributed by atoms with E-state index in [1.165, 1.54) is 11.0 Å². The van der Waals surface area contributed by atoms with Crippen molar-refractivity contribution in [3.8, 4) is 28.6 Å². The number of nitriles is 1. The van der Waals surface area contributed by atoms with Gasteiger partial charge >= 0.3 is 6.09 Å². The van der Waals surface area contributed by atoms with Gasteiger partial charge in [-0.05, 0) is 45.9 Å². The molecule has 4 aromatic rings. The summed E-state index contributed by atoms with van der Waals surface area (Å²) < 4.78 is 41.1. The fourth-order valence-electron chi connectivity index (χ4n) is 4.78. The Bertz CT molecular complexity index is 1790. The predicted molar refractivity (Wildman–Crippen MR) is 150 cm³/mol. The van der Waals surface area contributed by atoms with E-state index in [4.69, 9.17) is 14.5 Å². The van der Waals surface area contributed by atoms with Gasteiger partial charge in [0, 0.05) is 41.7 Å². The van der Waals surface area contributed by atoms with Crippen molar-refractivity contribution < 1.29 is 23.0 Å². The fraction of sp³-hybridized carbons (Fsp3) is 0.300. The number of ether oxygens (including phenoxy) is 2. The Balaban J connectivity index is 1.76. The topological polar surface area (TPSA) is 122 Å². The van der Waals surface area contributed by atoms with E-state index in [0.717, 1.165) is 29.5 Å². The first-order valence-corrected chi connectivity index (χ1v) is 13.1. The average Bonchev–Trinajstić information content (AvgIpc) is 3.42. The Hall–Kier alpha value is -4.89. The molecule has 1 atom stereocenters. The molecule has 2 aromatic heterocycles. The second-order valence-electron chi connectivity index (χ2n) is 10.9. The van der Waals surface area contributed by atoms with Crippen molar-refractivity contribution in [2.45, 2.75) is 39.3 Å². The van der Waals surface area contributed by atoms with Gasteiger partial charge in [0.15, 0.2) is 17.4 Å². The van der Waals surface area contributed by atoms with Crippen LogP contribution in [0.15, 0.2) is 47.4 Å². The first-order valence-electron chi connectivity index (χ1n) is 13.1. The summed E-state index contributed by atoms with van der Waals surface area (Å²) in [5.41, 5.74) is 0.809. The van der Waals surface area contributed by atoms with Crippen LogP contribution in [0, 0.1) is 29.9 Å². The number of nitrogens with one attached hydrogen (secondary N) is 1. The lowest BCUT2D eigenvalue weighted by molar-refractivity contribution is 0.0289. The number of hydrogen-bond donors (Lipinski definition) is 1. The molecule has 0 aliphatic carbocycles. The van der Waals surface area contributed by atoms with Crippen LogP contribution in [-0.2, 0) is 4.74 Å². The Kier molecular flexibility index (Phi) is 7.38. The summed E-state index contributed by atoms with van der Waals surface area (Å²) in [5.74, 6) is -2.53. The standard InChI is InChI=1S/C30H28F2N6O4/c1-16-6-7-18(13-34-16)20-8-17(12-33)9-21-25(20)36-27(24-14-37(15-35-24)29(40)42-30(2,3)4)38(28(21)39)19-10-22(31)26(41-5)23(32)11-19/h6-11,13,24,35H,14-15H2,1-5H3. The summed E-state index contributed by atoms with van der Waals surface area (Å²) >= 11 is 0. The molecule has 12 heteroatoms. The number of aryl methyl sites for hydroxylation is 1. The summed E-state index contributed by atoms with van der Waals surface area (Å²) in [4.78, 5) is 37.6. The summed E-state index contributed by atoms with van der Waals surface area (Å²) in [6, 6.07) is 9.88. The highest BCUT2D eigenvalue weighted by molar-refractivity contribution is 5.94. The number of aromatic nitrogens is 3. The van der Waals surface area contributed by atoms with Gasteiger partial charge in [-0.2, -0.15) is 5.26 Å². The van der Waals surface area contributed by atoms with E-state index < -0.39 is 40.7 Å². The molecule has 0 radical (unpaired) electrons. The monoisotopic (exact) mass is 574 g/mol. The van der Waals surface area contributed by atoms with Gasteiger partial charge in [-0.25, -0.2) is 18.6 Å². The lowest BCUT2D eigenvalue weighted by Gasteiger charge is -2.24. The van der Waals surface area contributed by atoms with Crippen molar-refractivity contribution >= 4 is 17.0 Å². The number of amides is 1. The van der Waals surface area contributed by atoms with Crippen molar-refractivity contribution in [2.75, 3.05) is 20.3 Å². The van der Waals surface area contributed by atoms with E-state index in [-0.39, 0.29) is 41.2 Å². The summed E-state index contributed by atoms with van der Waals surface area (Å²) in [5, 5.41) is 13.0. The largest absolute Gasteiger partial charge is 0.491 e. The number of carbonyl (C=O) groups excluding carboxylic acids is 1. The van der Waals surface area contributed by atoms with Crippen molar-refractivity contribution in [3.05, 3.63) is 81.7 Å². The molecule has 10 nitrogen and oxygen atoms in total. The molecule has 42 heavy (non-hydrogen) atoms. The van der Waals surface area contributed by atoms with Crippen LogP contribution in [0.4, 0.5) is 13.6 Å². The average molecular weight is 575 g/mol. The molecule has 0 saturated carbocycles. The highest BCUT2D eigenvalue weighted by Crippen LogP contribution is 2.32. The molecule has 1 N–H and O–H groups in total. The first kappa shape index (κ1) is 28.6. The third-order valence-electron chi connectivity index (χ3n) is 6.69. The second kappa shape index (κ2) is 10.8. The van der Waals surface area contributed by atoms with Crippen molar-refractivity contribution in [1.29, 1.82) is 5.26 Å². The summed E-state index contributed by atoms with van der Waals surface area (Å²) in [7, 11) is 1.13. The third kappa shape index (κ3) is 5.38.